The minimum absolute atomic E-state index is 0.0309. The topological polar surface area (TPSA) is 246 Å². The van der Waals surface area contributed by atoms with Gasteiger partial charge in [-0.1, -0.05) is 0 Å². The first-order valence-electron chi connectivity index (χ1n) is 13.6. The van der Waals surface area contributed by atoms with Gasteiger partial charge in [-0.25, -0.2) is 0 Å². The average molecular weight is 643 g/mol. The zero-order chi connectivity index (χ0) is 32.7. The van der Waals surface area contributed by atoms with Crippen LogP contribution in [0, 0.1) is 0 Å². The number of aromatic hydroxyl groups is 1. The van der Waals surface area contributed by atoms with Crippen LogP contribution in [0.4, 0.5) is 0 Å². The van der Waals surface area contributed by atoms with Crippen LogP contribution in [-0.4, -0.2) is 133 Å². The molecule has 5 rings (SSSR count). The van der Waals surface area contributed by atoms with Crippen molar-refractivity contribution < 1.29 is 78.1 Å². The zero-order valence-electron chi connectivity index (χ0n) is 24.5. The maximum absolute atomic E-state index is 14.0. The van der Waals surface area contributed by atoms with E-state index in [4.69, 9.17) is 42.3 Å². The third-order valence-electron chi connectivity index (χ3n) is 7.61. The van der Waals surface area contributed by atoms with Crippen molar-refractivity contribution in [1.82, 2.24) is 0 Å². The summed E-state index contributed by atoms with van der Waals surface area (Å²) in [6.45, 7) is -0.901. The average Bonchev–Trinajstić information content (AvgIpc) is 3.03. The van der Waals surface area contributed by atoms with E-state index in [1.807, 2.05) is 0 Å². The number of aliphatic hydroxyl groups excluding tert-OH is 6. The summed E-state index contributed by atoms with van der Waals surface area (Å²) in [6.07, 6.45) is -14.7. The number of phenolic OH excluding ortho intramolecular Hbond substituents is 1. The van der Waals surface area contributed by atoms with Gasteiger partial charge in [0.2, 0.25) is 29.0 Å². The Morgan fingerprint density at radius 2 is 1.40 bits per heavy atom. The first-order valence-corrected chi connectivity index (χ1v) is 13.6. The lowest BCUT2D eigenvalue weighted by Crippen LogP contribution is -2.61. The molecule has 1 aromatic heterocycles. The first-order chi connectivity index (χ1) is 21.5. The summed E-state index contributed by atoms with van der Waals surface area (Å²) in [6, 6.07) is 2.39. The van der Waals surface area contributed by atoms with Crippen molar-refractivity contribution in [2.24, 2.45) is 0 Å². The van der Waals surface area contributed by atoms with Gasteiger partial charge in [0.15, 0.2) is 29.0 Å². The number of methoxy groups -OCH3 is 4. The zero-order valence-corrected chi connectivity index (χ0v) is 24.5. The first kappa shape index (κ1) is 32.7. The Morgan fingerprint density at radius 1 is 0.756 bits per heavy atom. The SMILES string of the molecule is COc1c(OC)c(OC2O[C@H](CO[C@@H]3OC[C@@H](O)[C@H](O)[C@H]3O)[C@@H](O)[C@H](O)[C@H]2O)c2c(=O)c3cc(O)cc(OC)c3oc2c1OC. The third-order valence-corrected chi connectivity index (χ3v) is 7.61. The van der Waals surface area contributed by atoms with E-state index >= 15 is 0 Å². The Kier molecular flexibility index (Phi) is 9.45. The van der Waals surface area contributed by atoms with Crippen molar-refractivity contribution in [2.45, 2.75) is 55.3 Å². The number of hydrogen-bond acceptors (Lipinski definition) is 17. The Labute approximate surface area is 254 Å². The highest BCUT2D eigenvalue weighted by Crippen LogP contribution is 2.51. The smallest absolute Gasteiger partial charge is 0.229 e. The van der Waals surface area contributed by atoms with Gasteiger partial charge in [0.05, 0.1) is 47.0 Å². The quantitative estimate of drug-likeness (QED) is 0.129. The molecule has 0 bridgehead atoms. The second kappa shape index (κ2) is 13.0. The van der Waals surface area contributed by atoms with Gasteiger partial charge in [0, 0.05) is 6.07 Å². The van der Waals surface area contributed by atoms with E-state index in [9.17, 15) is 40.5 Å². The van der Waals surface area contributed by atoms with E-state index in [-0.39, 0.29) is 63.0 Å². The maximum atomic E-state index is 14.0. The van der Waals surface area contributed by atoms with E-state index in [2.05, 4.69) is 0 Å². The molecule has 0 aliphatic carbocycles. The van der Waals surface area contributed by atoms with E-state index in [0.717, 1.165) is 6.07 Å². The largest absolute Gasteiger partial charge is 0.508 e. The third kappa shape index (κ3) is 5.66. The normalized spacial score (nSPS) is 30.3. The lowest BCUT2D eigenvalue weighted by Gasteiger charge is -2.41. The molecule has 248 valence electrons. The van der Waals surface area contributed by atoms with Gasteiger partial charge >= 0.3 is 0 Å². The number of benzene rings is 2. The fourth-order valence-corrected chi connectivity index (χ4v) is 5.25. The van der Waals surface area contributed by atoms with Crippen LogP contribution in [0.3, 0.4) is 0 Å². The fourth-order valence-electron chi connectivity index (χ4n) is 5.25. The summed E-state index contributed by atoms with van der Waals surface area (Å²) in [5, 5.41) is 71.7. The molecule has 7 N–H and O–H groups in total. The van der Waals surface area contributed by atoms with Crippen molar-refractivity contribution in [1.29, 1.82) is 0 Å². The predicted octanol–water partition coefficient (Wildman–Crippen LogP) is -1.67. The van der Waals surface area contributed by atoms with Crippen LogP contribution >= 0.6 is 0 Å². The fraction of sp³-hybridized carbons (Fsp3) is 0.536. The number of hydrogen-bond donors (Lipinski definition) is 7. The molecule has 17 nitrogen and oxygen atoms in total. The molecule has 2 aliphatic rings. The molecule has 2 aliphatic heterocycles. The van der Waals surface area contributed by atoms with Gasteiger partial charge in [-0.15, -0.1) is 0 Å². The Bertz CT molecular complexity index is 1590. The monoisotopic (exact) mass is 642 g/mol. The molecule has 2 saturated heterocycles. The second-order valence-corrected chi connectivity index (χ2v) is 10.3. The number of phenols is 1. The van der Waals surface area contributed by atoms with Crippen LogP contribution in [0.1, 0.15) is 0 Å². The van der Waals surface area contributed by atoms with Gasteiger partial charge in [-0.3, -0.25) is 4.79 Å². The summed E-state index contributed by atoms with van der Waals surface area (Å²) >= 11 is 0. The molecular weight excluding hydrogens is 608 g/mol. The van der Waals surface area contributed by atoms with Gasteiger partial charge in [0.25, 0.3) is 0 Å². The lowest BCUT2D eigenvalue weighted by atomic mass is 9.99. The minimum Gasteiger partial charge on any atom is -0.508 e. The second-order valence-electron chi connectivity index (χ2n) is 10.3. The minimum atomic E-state index is -1.89. The van der Waals surface area contributed by atoms with Gasteiger partial charge in [0.1, 0.15) is 53.9 Å². The summed E-state index contributed by atoms with van der Waals surface area (Å²) < 4.78 is 50.2. The van der Waals surface area contributed by atoms with Crippen LogP contribution in [0.15, 0.2) is 21.3 Å². The van der Waals surface area contributed by atoms with E-state index in [0.29, 0.717) is 0 Å². The van der Waals surface area contributed by atoms with Crippen molar-refractivity contribution in [3.8, 4) is 34.5 Å². The van der Waals surface area contributed by atoms with Gasteiger partial charge in [-0.05, 0) is 6.07 Å². The number of rotatable bonds is 9. The van der Waals surface area contributed by atoms with Crippen LogP contribution in [-0.2, 0) is 14.2 Å². The maximum Gasteiger partial charge on any atom is 0.229 e. The van der Waals surface area contributed by atoms with E-state index < -0.39 is 67.3 Å². The highest BCUT2D eigenvalue weighted by Gasteiger charge is 2.47. The summed E-state index contributed by atoms with van der Waals surface area (Å²) in [7, 11) is 5.12. The van der Waals surface area contributed by atoms with Crippen LogP contribution < -0.4 is 29.1 Å². The molecule has 0 saturated carbocycles. The Balaban J connectivity index is 1.58. The van der Waals surface area contributed by atoms with Crippen molar-refractivity contribution in [2.75, 3.05) is 41.7 Å². The van der Waals surface area contributed by atoms with Crippen molar-refractivity contribution in [3.63, 3.8) is 0 Å². The van der Waals surface area contributed by atoms with Crippen molar-refractivity contribution >= 4 is 21.9 Å². The Morgan fingerprint density at radius 3 is 2.04 bits per heavy atom. The van der Waals surface area contributed by atoms with Crippen LogP contribution in [0.25, 0.3) is 21.9 Å². The molecule has 17 heteroatoms. The van der Waals surface area contributed by atoms with Crippen molar-refractivity contribution in [3.05, 3.63) is 22.4 Å². The van der Waals surface area contributed by atoms with E-state index in [1.54, 1.807) is 0 Å². The summed E-state index contributed by atoms with van der Waals surface area (Å²) in [5.41, 5.74) is -0.982. The predicted molar refractivity (Wildman–Crippen MR) is 149 cm³/mol. The molecule has 2 fully saturated rings. The van der Waals surface area contributed by atoms with Crippen LogP contribution in [0.2, 0.25) is 0 Å². The number of fused-ring (bicyclic) bond motifs is 2. The standard InChI is InChI=1S/C28H34O17/c1-37-12-6-9(29)5-10-15(31)14-22(44-21(10)12)24(38-2)26(40-4)25(39-3)23(14)45-28-20(36)18(34)17(33)13(43-28)8-42-27-19(35)16(32)11(30)7-41-27/h5-6,11,13,16-20,27-30,32-36H,7-8H2,1-4H3/t11-,13-,16+,17-,18+,19-,20-,27+,28?/m1/s1. The molecule has 45 heavy (non-hydrogen) atoms. The van der Waals surface area contributed by atoms with E-state index in [1.165, 1.54) is 34.5 Å². The summed E-state index contributed by atoms with van der Waals surface area (Å²) in [4.78, 5) is 14.0. The molecule has 3 heterocycles. The molecular formula is C28H34O17. The highest BCUT2D eigenvalue weighted by atomic mass is 16.7. The molecule has 0 amide bonds. The molecule has 3 aromatic rings. The molecule has 0 radical (unpaired) electrons. The Hall–Kier alpha value is -3.65. The molecule has 0 spiro atoms. The summed E-state index contributed by atoms with van der Waals surface area (Å²) in [5.74, 6) is -1.01. The highest BCUT2D eigenvalue weighted by molar-refractivity contribution is 6.01. The van der Waals surface area contributed by atoms with Gasteiger partial charge in [-0.2, -0.15) is 0 Å². The molecule has 1 unspecified atom stereocenters. The number of aliphatic hydroxyl groups is 6. The molecule has 2 aromatic carbocycles. The van der Waals surface area contributed by atoms with Gasteiger partial charge < -0.3 is 78.1 Å². The molecule has 9 atom stereocenters. The lowest BCUT2D eigenvalue weighted by molar-refractivity contribution is -0.307. The van der Waals surface area contributed by atoms with Crippen LogP contribution in [0.5, 0.6) is 34.5 Å². The number of ether oxygens (including phenoxy) is 8.